The maximum absolute atomic E-state index is 13.0. The molecule has 0 spiro atoms. The number of hydrogen-bond acceptors (Lipinski definition) is 7. The Balaban J connectivity index is 1.70. The average Bonchev–Trinajstić information content (AvgIpc) is 2.69. The van der Waals surface area contributed by atoms with Crippen molar-refractivity contribution in [2.24, 2.45) is 0 Å². The molecule has 0 unspecified atom stereocenters. The summed E-state index contributed by atoms with van der Waals surface area (Å²) < 4.78 is 0. The first kappa shape index (κ1) is 16.2. The Kier molecular flexibility index (Phi) is 4.08. The Morgan fingerprint density at radius 3 is 2.58 bits per heavy atom. The Hall–Kier alpha value is -3.29. The minimum atomic E-state index is -0.0993. The van der Waals surface area contributed by atoms with Gasteiger partial charge in [0.2, 0.25) is 0 Å². The standard InChI is InChI=1S/C18H17N7O/c1-11-12(2)21-9-23-16(11)18(26)25-4-3-15-14(7-25)17(24-10-22-15)13-5-19-8-20-6-13/h5-6,8-10H,3-4,7H2,1-2H3. The molecule has 8 heteroatoms. The van der Waals surface area contributed by atoms with E-state index in [0.29, 0.717) is 25.2 Å². The van der Waals surface area contributed by atoms with Gasteiger partial charge >= 0.3 is 0 Å². The summed E-state index contributed by atoms with van der Waals surface area (Å²) in [6, 6.07) is 0. The first-order valence-corrected chi connectivity index (χ1v) is 8.30. The highest BCUT2D eigenvalue weighted by atomic mass is 16.2. The Bertz CT molecular complexity index is 975. The lowest BCUT2D eigenvalue weighted by atomic mass is 10.00. The lowest BCUT2D eigenvalue weighted by Gasteiger charge is -2.29. The lowest BCUT2D eigenvalue weighted by Crippen LogP contribution is -2.37. The molecule has 0 bridgehead atoms. The van der Waals surface area contributed by atoms with Crippen LogP contribution in [-0.2, 0) is 13.0 Å². The number of carbonyl (C=O) groups is 1. The van der Waals surface area contributed by atoms with Crippen molar-refractivity contribution in [2.45, 2.75) is 26.8 Å². The third-order valence-corrected chi connectivity index (χ3v) is 4.66. The van der Waals surface area contributed by atoms with Gasteiger partial charge in [-0.15, -0.1) is 0 Å². The number of amides is 1. The van der Waals surface area contributed by atoms with Gasteiger partial charge in [0.25, 0.3) is 5.91 Å². The van der Waals surface area contributed by atoms with E-state index in [2.05, 4.69) is 29.9 Å². The molecule has 26 heavy (non-hydrogen) atoms. The van der Waals surface area contributed by atoms with E-state index in [9.17, 15) is 4.79 Å². The molecule has 0 fully saturated rings. The fourth-order valence-corrected chi connectivity index (χ4v) is 3.09. The van der Waals surface area contributed by atoms with E-state index in [-0.39, 0.29) is 5.91 Å². The van der Waals surface area contributed by atoms with Gasteiger partial charge < -0.3 is 4.90 Å². The normalized spacial score (nSPS) is 13.4. The lowest BCUT2D eigenvalue weighted by molar-refractivity contribution is 0.0726. The van der Waals surface area contributed by atoms with E-state index < -0.39 is 0 Å². The third kappa shape index (κ3) is 2.79. The van der Waals surface area contributed by atoms with Crippen LogP contribution in [0.1, 0.15) is 33.0 Å². The smallest absolute Gasteiger partial charge is 0.273 e. The largest absolute Gasteiger partial charge is 0.332 e. The van der Waals surface area contributed by atoms with E-state index in [1.807, 2.05) is 13.8 Å². The van der Waals surface area contributed by atoms with E-state index in [1.165, 1.54) is 12.7 Å². The van der Waals surface area contributed by atoms with Gasteiger partial charge in [0.05, 0.1) is 11.4 Å². The molecule has 0 radical (unpaired) electrons. The van der Waals surface area contributed by atoms with Crippen LogP contribution < -0.4 is 0 Å². The van der Waals surface area contributed by atoms with E-state index in [4.69, 9.17) is 0 Å². The van der Waals surface area contributed by atoms with E-state index >= 15 is 0 Å². The average molecular weight is 347 g/mol. The molecule has 4 rings (SSSR count). The van der Waals surface area contributed by atoms with Gasteiger partial charge in [0.1, 0.15) is 24.7 Å². The molecule has 130 valence electrons. The first-order valence-electron chi connectivity index (χ1n) is 8.30. The van der Waals surface area contributed by atoms with Crippen molar-refractivity contribution in [3.63, 3.8) is 0 Å². The Morgan fingerprint density at radius 1 is 1.00 bits per heavy atom. The van der Waals surface area contributed by atoms with Crippen molar-refractivity contribution in [1.82, 2.24) is 34.8 Å². The van der Waals surface area contributed by atoms with Crippen LogP contribution in [0, 0.1) is 13.8 Å². The number of carbonyl (C=O) groups excluding carboxylic acids is 1. The molecule has 0 N–H and O–H groups in total. The summed E-state index contributed by atoms with van der Waals surface area (Å²) in [5, 5.41) is 0. The number of fused-ring (bicyclic) bond motifs is 1. The van der Waals surface area contributed by atoms with Crippen molar-refractivity contribution >= 4 is 5.91 Å². The van der Waals surface area contributed by atoms with E-state index in [0.717, 1.165) is 33.8 Å². The second-order valence-corrected chi connectivity index (χ2v) is 6.18. The highest BCUT2D eigenvalue weighted by Crippen LogP contribution is 2.27. The van der Waals surface area contributed by atoms with Crippen LogP contribution in [0.3, 0.4) is 0 Å². The van der Waals surface area contributed by atoms with Gasteiger partial charge in [-0.3, -0.25) is 4.79 Å². The molecular weight excluding hydrogens is 330 g/mol. The first-order chi connectivity index (χ1) is 12.6. The van der Waals surface area contributed by atoms with Gasteiger partial charge in [0, 0.05) is 54.3 Å². The van der Waals surface area contributed by atoms with Crippen molar-refractivity contribution in [2.75, 3.05) is 6.54 Å². The molecule has 8 nitrogen and oxygen atoms in total. The van der Waals surface area contributed by atoms with Gasteiger partial charge in [-0.2, -0.15) is 0 Å². The molecule has 0 saturated heterocycles. The summed E-state index contributed by atoms with van der Waals surface area (Å²) in [7, 11) is 0. The number of nitrogens with zero attached hydrogens (tertiary/aromatic N) is 7. The van der Waals surface area contributed by atoms with Crippen LogP contribution in [0.4, 0.5) is 0 Å². The maximum Gasteiger partial charge on any atom is 0.273 e. The number of rotatable bonds is 2. The molecule has 0 aromatic carbocycles. The fraction of sp³-hybridized carbons (Fsp3) is 0.278. The zero-order valence-electron chi connectivity index (χ0n) is 14.5. The van der Waals surface area contributed by atoms with Crippen molar-refractivity contribution in [3.05, 3.63) is 59.6 Å². The Labute approximate surface area is 150 Å². The van der Waals surface area contributed by atoms with Crippen LogP contribution in [0.2, 0.25) is 0 Å². The predicted molar refractivity (Wildman–Crippen MR) is 93.0 cm³/mol. The predicted octanol–water partition coefficient (Wildman–Crippen LogP) is 1.54. The van der Waals surface area contributed by atoms with Crippen LogP contribution in [-0.4, -0.2) is 47.3 Å². The van der Waals surface area contributed by atoms with Crippen LogP contribution in [0.25, 0.3) is 11.3 Å². The van der Waals surface area contributed by atoms with Crippen molar-refractivity contribution in [3.8, 4) is 11.3 Å². The SMILES string of the molecule is Cc1ncnc(C(=O)N2CCc3ncnc(-c4cncnc4)c3C2)c1C. The maximum atomic E-state index is 13.0. The molecule has 3 aromatic heterocycles. The van der Waals surface area contributed by atoms with Gasteiger partial charge in [-0.1, -0.05) is 0 Å². The molecule has 0 saturated carbocycles. The summed E-state index contributed by atoms with van der Waals surface area (Å²) >= 11 is 0. The fourth-order valence-electron chi connectivity index (χ4n) is 3.09. The second-order valence-electron chi connectivity index (χ2n) is 6.18. The molecule has 3 aromatic rings. The second kappa shape index (κ2) is 6.55. The summed E-state index contributed by atoms with van der Waals surface area (Å²) in [6.07, 6.45) is 8.57. The summed E-state index contributed by atoms with van der Waals surface area (Å²) in [6.45, 7) is 4.77. The molecule has 1 amide bonds. The monoisotopic (exact) mass is 347 g/mol. The number of hydrogen-bond donors (Lipinski definition) is 0. The summed E-state index contributed by atoms with van der Waals surface area (Å²) in [4.78, 5) is 40.0. The van der Waals surface area contributed by atoms with Gasteiger partial charge in [-0.25, -0.2) is 29.9 Å². The van der Waals surface area contributed by atoms with Crippen LogP contribution in [0.5, 0.6) is 0 Å². The highest BCUT2D eigenvalue weighted by Gasteiger charge is 2.27. The van der Waals surface area contributed by atoms with Gasteiger partial charge in [-0.05, 0) is 13.8 Å². The highest BCUT2D eigenvalue weighted by molar-refractivity contribution is 5.94. The number of aromatic nitrogens is 6. The summed E-state index contributed by atoms with van der Waals surface area (Å²) in [5.41, 5.74) is 5.54. The summed E-state index contributed by atoms with van der Waals surface area (Å²) in [5.74, 6) is -0.0993. The quantitative estimate of drug-likeness (QED) is 0.693. The van der Waals surface area contributed by atoms with Gasteiger partial charge in [0.15, 0.2) is 0 Å². The molecule has 0 atom stereocenters. The van der Waals surface area contributed by atoms with E-state index in [1.54, 1.807) is 23.6 Å². The van der Waals surface area contributed by atoms with Crippen LogP contribution in [0.15, 0.2) is 31.4 Å². The van der Waals surface area contributed by atoms with Crippen molar-refractivity contribution < 1.29 is 4.79 Å². The molecule has 1 aliphatic heterocycles. The molecule has 0 aliphatic carbocycles. The molecule has 4 heterocycles. The topological polar surface area (TPSA) is 97.7 Å². The zero-order valence-corrected chi connectivity index (χ0v) is 14.5. The minimum absolute atomic E-state index is 0.0993. The molecular formula is C18H17N7O. The number of aryl methyl sites for hydroxylation is 1. The third-order valence-electron chi connectivity index (χ3n) is 4.66. The zero-order chi connectivity index (χ0) is 18.1. The Morgan fingerprint density at radius 2 is 1.77 bits per heavy atom. The molecule has 1 aliphatic rings. The van der Waals surface area contributed by atoms with Crippen LogP contribution >= 0.6 is 0 Å². The van der Waals surface area contributed by atoms with Crippen molar-refractivity contribution in [1.29, 1.82) is 0 Å². The minimum Gasteiger partial charge on any atom is -0.332 e.